The number of dihydropyridines is 1. The minimum absolute atomic E-state index is 0.0866. The third-order valence-corrected chi connectivity index (χ3v) is 6.12. The molecule has 3 rings (SSSR count). The van der Waals surface area contributed by atoms with E-state index in [2.05, 4.69) is 16.7 Å². The standard InChI is InChI=1S/C18H18Cl2F3N3O2/c1-8-6-26(7-10-11(19)4-3-9(14(10)20)17(27)28)16-12(24-2)5-13(18(21,22)23)25-15(8)16/h5,8,15-16H,2-4,6-7H2,1H3,(H,27,28). The van der Waals surface area contributed by atoms with Crippen molar-refractivity contribution in [1.29, 1.82) is 0 Å². The molecular weight excluding hydrogens is 418 g/mol. The van der Waals surface area contributed by atoms with Crippen LogP contribution in [0.25, 0.3) is 0 Å². The van der Waals surface area contributed by atoms with Crippen LogP contribution in [-0.4, -0.2) is 59.8 Å². The van der Waals surface area contributed by atoms with E-state index in [0.29, 0.717) is 23.6 Å². The van der Waals surface area contributed by atoms with Crippen molar-refractivity contribution in [2.45, 2.75) is 38.0 Å². The summed E-state index contributed by atoms with van der Waals surface area (Å²) in [5.74, 6) is -1.28. The molecule has 3 aliphatic rings. The summed E-state index contributed by atoms with van der Waals surface area (Å²) in [6, 6.07) is -1.14. The number of nitrogens with zero attached hydrogens (tertiary/aromatic N) is 3. The van der Waals surface area contributed by atoms with Gasteiger partial charge in [0.15, 0.2) is 0 Å². The Labute approximate surface area is 169 Å². The van der Waals surface area contributed by atoms with Crippen LogP contribution in [0.3, 0.4) is 0 Å². The van der Waals surface area contributed by atoms with Crippen molar-refractivity contribution in [3.63, 3.8) is 0 Å². The van der Waals surface area contributed by atoms with Gasteiger partial charge in [0.05, 0.1) is 28.4 Å². The quantitative estimate of drug-likeness (QED) is 0.674. The predicted octanol–water partition coefficient (Wildman–Crippen LogP) is 4.14. The molecule has 0 spiro atoms. The van der Waals surface area contributed by atoms with Gasteiger partial charge in [-0.1, -0.05) is 30.1 Å². The molecule has 1 fully saturated rings. The van der Waals surface area contributed by atoms with Crippen molar-refractivity contribution < 1.29 is 23.1 Å². The van der Waals surface area contributed by atoms with E-state index in [1.165, 1.54) is 0 Å². The second kappa shape index (κ2) is 7.65. The highest BCUT2D eigenvalue weighted by molar-refractivity contribution is 6.37. The molecule has 3 unspecified atom stereocenters. The number of alkyl halides is 3. The van der Waals surface area contributed by atoms with Gasteiger partial charge in [-0.15, -0.1) is 0 Å². The van der Waals surface area contributed by atoms with E-state index in [0.717, 1.165) is 6.08 Å². The number of likely N-dealkylation sites (tertiary alicyclic amines) is 1. The predicted molar refractivity (Wildman–Crippen MR) is 102 cm³/mol. The maximum absolute atomic E-state index is 13.2. The Balaban J connectivity index is 1.94. The van der Waals surface area contributed by atoms with Crippen LogP contribution >= 0.6 is 23.2 Å². The zero-order valence-electron chi connectivity index (χ0n) is 14.9. The Kier molecular flexibility index (Phi) is 5.76. The van der Waals surface area contributed by atoms with Crippen LogP contribution in [0.1, 0.15) is 19.8 Å². The molecule has 2 heterocycles. The van der Waals surface area contributed by atoms with Gasteiger partial charge in [-0.05, 0) is 37.1 Å². The molecule has 3 atom stereocenters. The van der Waals surface area contributed by atoms with Crippen LogP contribution in [0.5, 0.6) is 0 Å². The lowest BCUT2D eigenvalue weighted by Crippen LogP contribution is -2.41. The topological polar surface area (TPSA) is 65.3 Å². The van der Waals surface area contributed by atoms with E-state index in [4.69, 9.17) is 23.2 Å². The van der Waals surface area contributed by atoms with Crippen molar-refractivity contribution in [2.24, 2.45) is 15.9 Å². The first kappa shape index (κ1) is 21.1. The number of carbonyl (C=O) groups is 1. The Morgan fingerprint density at radius 3 is 2.68 bits per heavy atom. The minimum Gasteiger partial charge on any atom is -0.478 e. The minimum atomic E-state index is -4.56. The summed E-state index contributed by atoms with van der Waals surface area (Å²) >= 11 is 12.6. The molecule has 0 saturated carbocycles. The number of halogens is 5. The van der Waals surface area contributed by atoms with Gasteiger partial charge in [-0.2, -0.15) is 13.2 Å². The first-order valence-electron chi connectivity index (χ1n) is 8.61. The van der Waals surface area contributed by atoms with Crippen LogP contribution in [-0.2, 0) is 4.79 Å². The van der Waals surface area contributed by atoms with E-state index in [-0.39, 0.29) is 35.2 Å². The Morgan fingerprint density at radius 1 is 1.43 bits per heavy atom. The molecule has 0 aromatic heterocycles. The number of rotatable bonds is 4. The molecule has 0 radical (unpaired) electrons. The van der Waals surface area contributed by atoms with Gasteiger partial charge < -0.3 is 5.11 Å². The van der Waals surface area contributed by atoms with Gasteiger partial charge in [0, 0.05) is 18.1 Å². The highest BCUT2D eigenvalue weighted by Gasteiger charge is 2.47. The lowest BCUT2D eigenvalue weighted by atomic mass is 9.94. The maximum Gasteiger partial charge on any atom is 0.432 e. The molecule has 5 nitrogen and oxygen atoms in total. The van der Waals surface area contributed by atoms with Crippen LogP contribution in [0.2, 0.25) is 0 Å². The van der Waals surface area contributed by atoms with Crippen molar-refractivity contribution in [2.75, 3.05) is 13.1 Å². The summed E-state index contributed by atoms with van der Waals surface area (Å²) in [6.07, 6.45) is -3.07. The number of aliphatic imine (C=N–C) groups is 2. The summed E-state index contributed by atoms with van der Waals surface area (Å²) < 4.78 is 39.5. The molecule has 0 amide bonds. The molecule has 2 aliphatic heterocycles. The van der Waals surface area contributed by atoms with E-state index in [9.17, 15) is 23.1 Å². The lowest BCUT2D eigenvalue weighted by Gasteiger charge is -2.32. The van der Waals surface area contributed by atoms with E-state index >= 15 is 0 Å². The molecule has 0 bridgehead atoms. The van der Waals surface area contributed by atoms with E-state index in [1.807, 2.05) is 11.8 Å². The normalized spacial score (nSPS) is 28.9. The molecule has 1 N–H and O–H groups in total. The Morgan fingerprint density at radius 2 is 2.11 bits per heavy atom. The average Bonchev–Trinajstić information content (AvgIpc) is 2.92. The molecule has 28 heavy (non-hydrogen) atoms. The SMILES string of the molecule is C=NC1=CC(C(F)(F)F)=NC2C(C)CN(CC3=C(Cl)CCC(C(=O)O)=C3Cl)C12. The molecule has 0 aromatic carbocycles. The number of aliphatic carboxylic acids is 1. The third kappa shape index (κ3) is 3.77. The molecule has 152 valence electrons. The van der Waals surface area contributed by atoms with Crippen LogP contribution in [0.15, 0.2) is 43.0 Å². The summed E-state index contributed by atoms with van der Waals surface area (Å²) in [5.41, 5.74) is -0.217. The average molecular weight is 436 g/mol. The third-order valence-electron chi connectivity index (χ3n) is 5.24. The number of fused-ring (bicyclic) bond motifs is 1. The fourth-order valence-corrected chi connectivity index (χ4v) is 4.56. The highest BCUT2D eigenvalue weighted by Crippen LogP contribution is 2.40. The van der Waals surface area contributed by atoms with Gasteiger partial charge in [0.2, 0.25) is 0 Å². The largest absolute Gasteiger partial charge is 0.478 e. The fourth-order valence-electron chi connectivity index (χ4n) is 3.91. The molecule has 1 saturated heterocycles. The van der Waals surface area contributed by atoms with Gasteiger partial charge in [-0.25, -0.2) is 4.79 Å². The number of hydrogen-bond donors (Lipinski definition) is 1. The number of hydrogen-bond acceptors (Lipinski definition) is 4. The van der Waals surface area contributed by atoms with E-state index < -0.39 is 29.9 Å². The van der Waals surface area contributed by atoms with E-state index in [1.54, 1.807) is 0 Å². The molecule has 10 heteroatoms. The number of allylic oxidation sites excluding steroid dienone is 2. The van der Waals surface area contributed by atoms with Gasteiger partial charge in [-0.3, -0.25) is 14.9 Å². The maximum atomic E-state index is 13.2. The summed E-state index contributed by atoms with van der Waals surface area (Å²) in [6.45, 7) is 5.87. The zero-order valence-corrected chi connectivity index (χ0v) is 16.4. The smallest absolute Gasteiger partial charge is 0.432 e. The summed E-state index contributed by atoms with van der Waals surface area (Å²) in [5, 5.41) is 9.86. The van der Waals surface area contributed by atoms with Gasteiger partial charge in [0.1, 0.15) is 5.71 Å². The first-order chi connectivity index (χ1) is 13.0. The zero-order chi connectivity index (χ0) is 20.8. The Bertz CT molecular complexity index is 846. The highest BCUT2D eigenvalue weighted by atomic mass is 35.5. The molecular formula is C18H18Cl2F3N3O2. The van der Waals surface area contributed by atoms with Gasteiger partial charge in [0.25, 0.3) is 0 Å². The van der Waals surface area contributed by atoms with Gasteiger partial charge >= 0.3 is 12.1 Å². The summed E-state index contributed by atoms with van der Waals surface area (Å²) in [4.78, 5) is 21.0. The first-order valence-corrected chi connectivity index (χ1v) is 9.37. The van der Waals surface area contributed by atoms with Crippen LogP contribution < -0.4 is 0 Å². The lowest BCUT2D eigenvalue weighted by molar-refractivity contribution is -0.132. The van der Waals surface area contributed by atoms with Crippen LogP contribution in [0.4, 0.5) is 13.2 Å². The van der Waals surface area contributed by atoms with Crippen molar-refractivity contribution in [3.05, 3.63) is 33.0 Å². The Hall–Kier alpha value is -1.64. The molecule has 1 aliphatic carbocycles. The number of carboxylic acids is 1. The van der Waals surface area contributed by atoms with Crippen molar-refractivity contribution in [1.82, 2.24) is 4.90 Å². The van der Waals surface area contributed by atoms with Crippen LogP contribution in [0, 0.1) is 5.92 Å². The second-order valence-corrected chi connectivity index (χ2v) is 7.90. The number of carboxylic acid groups (broad SMARTS) is 1. The molecule has 0 aromatic rings. The fraction of sp³-hybridized carbons (Fsp3) is 0.500. The van der Waals surface area contributed by atoms with Crippen molar-refractivity contribution in [3.8, 4) is 0 Å². The summed E-state index contributed by atoms with van der Waals surface area (Å²) in [7, 11) is 0. The van der Waals surface area contributed by atoms with Crippen molar-refractivity contribution >= 4 is 41.6 Å². The second-order valence-electron chi connectivity index (χ2n) is 7.06. The monoisotopic (exact) mass is 435 g/mol.